The topological polar surface area (TPSA) is 77.4 Å². The minimum absolute atomic E-state index is 0.305. The summed E-state index contributed by atoms with van der Waals surface area (Å²) in [5.74, 6) is -1.07. The van der Waals surface area contributed by atoms with Gasteiger partial charge in [-0.1, -0.05) is 5.16 Å². The summed E-state index contributed by atoms with van der Waals surface area (Å²) in [5, 5.41) is 3.89. The van der Waals surface area contributed by atoms with E-state index in [1.54, 1.807) is 0 Å². The summed E-state index contributed by atoms with van der Waals surface area (Å²) in [6.45, 7) is 0.885. The van der Waals surface area contributed by atoms with E-state index in [9.17, 15) is 9.59 Å². The monoisotopic (exact) mass is 270 g/mol. The number of hydrogen-bond donors (Lipinski definition) is 0. The standard InChI is InChI=1S/C12H18N2O5/c1-14-7-5-4-6-10(14)13-19-9(12(16)18-3)8-11(15)17-2/h8H,4-7H2,1-3H3/b9-8+,13-10-. The maximum atomic E-state index is 11.4. The Bertz CT molecular complexity index is 403. The van der Waals surface area contributed by atoms with Crippen molar-refractivity contribution in [2.45, 2.75) is 19.3 Å². The molecule has 0 bridgehead atoms. The molecule has 0 aromatic carbocycles. The fourth-order valence-corrected chi connectivity index (χ4v) is 1.56. The van der Waals surface area contributed by atoms with E-state index in [0.717, 1.165) is 37.7 Å². The molecule has 1 saturated heterocycles. The molecule has 0 atom stereocenters. The predicted molar refractivity (Wildman–Crippen MR) is 67.1 cm³/mol. The van der Waals surface area contributed by atoms with Gasteiger partial charge in [-0.3, -0.25) is 0 Å². The molecular formula is C12H18N2O5. The van der Waals surface area contributed by atoms with Gasteiger partial charge < -0.3 is 19.2 Å². The highest BCUT2D eigenvalue weighted by molar-refractivity contribution is 5.94. The first-order valence-corrected chi connectivity index (χ1v) is 5.91. The Morgan fingerprint density at radius 3 is 2.58 bits per heavy atom. The van der Waals surface area contributed by atoms with E-state index in [0.29, 0.717) is 0 Å². The molecule has 106 valence electrons. The molecule has 7 nitrogen and oxygen atoms in total. The van der Waals surface area contributed by atoms with E-state index in [1.807, 2.05) is 11.9 Å². The Labute approximate surface area is 111 Å². The summed E-state index contributed by atoms with van der Waals surface area (Å²) in [6.07, 6.45) is 3.78. The van der Waals surface area contributed by atoms with E-state index >= 15 is 0 Å². The van der Waals surface area contributed by atoms with Gasteiger partial charge in [-0.05, 0) is 12.8 Å². The van der Waals surface area contributed by atoms with Crippen LogP contribution in [-0.4, -0.2) is 50.5 Å². The Balaban J connectivity index is 2.77. The third-order valence-corrected chi connectivity index (χ3v) is 2.67. The molecule has 0 radical (unpaired) electrons. The lowest BCUT2D eigenvalue weighted by molar-refractivity contribution is -0.142. The van der Waals surface area contributed by atoms with E-state index in [-0.39, 0.29) is 5.76 Å². The number of piperidine rings is 1. The molecule has 0 unspecified atom stereocenters. The summed E-state index contributed by atoms with van der Waals surface area (Å²) in [6, 6.07) is 0. The van der Waals surface area contributed by atoms with Crippen LogP contribution in [-0.2, 0) is 23.9 Å². The van der Waals surface area contributed by atoms with Crippen molar-refractivity contribution in [1.29, 1.82) is 0 Å². The van der Waals surface area contributed by atoms with Crippen LogP contribution in [0.15, 0.2) is 17.0 Å². The average Bonchev–Trinajstić information content (AvgIpc) is 2.43. The van der Waals surface area contributed by atoms with Crippen LogP contribution < -0.4 is 0 Å². The second-order valence-electron chi connectivity index (χ2n) is 4.00. The van der Waals surface area contributed by atoms with Crippen LogP contribution in [0.2, 0.25) is 0 Å². The number of methoxy groups -OCH3 is 2. The number of rotatable bonds is 4. The quantitative estimate of drug-likeness (QED) is 0.323. The highest BCUT2D eigenvalue weighted by Gasteiger charge is 2.17. The first-order chi connectivity index (χ1) is 9.08. The zero-order chi connectivity index (χ0) is 14.3. The highest BCUT2D eigenvalue weighted by Crippen LogP contribution is 2.11. The van der Waals surface area contributed by atoms with Gasteiger partial charge in [0.2, 0.25) is 5.76 Å². The van der Waals surface area contributed by atoms with Gasteiger partial charge in [-0.25, -0.2) is 9.59 Å². The van der Waals surface area contributed by atoms with E-state index < -0.39 is 11.9 Å². The van der Waals surface area contributed by atoms with Gasteiger partial charge in [0, 0.05) is 20.0 Å². The number of hydrogen-bond acceptors (Lipinski definition) is 6. The average molecular weight is 270 g/mol. The molecule has 0 spiro atoms. The molecule has 7 heteroatoms. The molecule has 0 aromatic rings. The molecule has 0 aromatic heterocycles. The molecule has 1 fully saturated rings. The smallest absolute Gasteiger partial charge is 0.377 e. The Kier molecular flexibility index (Phi) is 5.84. The van der Waals surface area contributed by atoms with Gasteiger partial charge in [0.15, 0.2) is 0 Å². The summed E-state index contributed by atoms with van der Waals surface area (Å²) in [5.41, 5.74) is 0. The summed E-state index contributed by atoms with van der Waals surface area (Å²) < 4.78 is 8.93. The maximum absolute atomic E-state index is 11.4. The minimum Gasteiger partial charge on any atom is -0.466 e. The number of oxime groups is 1. The van der Waals surface area contributed by atoms with Crippen LogP contribution in [0.5, 0.6) is 0 Å². The largest absolute Gasteiger partial charge is 0.466 e. The summed E-state index contributed by atoms with van der Waals surface area (Å²) in [4.78, 5) is 29.5. The normalized spacial score (nSPS) is 18.2. The van der Waals surface area contributed by atoms with Gasteiger partial charge in [0.1, 0.15) is 5.84 Å². The first-order valence-electron chi connectivity index (χ1n) is 5.91. The highest BCUT2D eigenvalue weighted by atomic mass is 16.7. The number of amidine groups is 1. The molecule has 1 aliphatic heterocycles. The van der Waals surface area contributed by atoms with Crippen molar-refractivity contribution in [3.63, 3.8) is 0 Å². The third-order valence-electron chi connectivity index (χ3n) is 2.67. The number of ether oxygens (including phenoxy) is 2. The molecule has 1 heterocycles. The van der Waals surface area contributed by atoms with Gasteiger partial charge >= 0.3 is 11.9 Å². The van der Waals surface area contributed by atoms with Crippen LogP contribution >= 0.6 is 0 Å². The lowest BCUT2D eigenvalue weighted by Gasteiger charge is -2.25. The molecular weight excluding hydrogens is 252 g/mol. The van der Waals surface area contributed by atoms with Crippen LogP contribution in [0.4, 0.5) is 0 Å². The number of nitrogens with zero attached hydrogens (tertiary/aromatic N) is 2. The Hall–Kier alpha value is -2.05. The molecule has 0 aliphatic carbocycles. The van der Waals surface area contributed by atoms with Gasteiger partial charge in [0.05, 0.1) is 20.3 Å². The van der Waals surface area contributed by atoms with Gasteiger partial charge in [-0.15, -0.1) is 0 Å². The molecule has 0 amide bonds. The summed E-state index contributed by atoms with van der Waals surface area (Å²) in [7, 11) is 4.29. The lowest BCUT2D eigenvalue weighted by Crippen LogP contribution is -2.31. The molecule has 19 heavy (non-hydrogen) atoms. The van der Waals surface area contributed by atoms with Crippen LogP contribution in [0, 0.1) is 0 Å². The Morgan fingerprint density at radius 1 is 1.26 bits per heavy atom. The third kappa shape index (κ3) is 4.61. The van der Waals surface area contributed by atoms with Crippen molar-refractivity contribution >= 4 is 17.8 Å². The number of likely N-dealkylation sites (tertiary alicyclic amines) is 1. The maximum Gasteiger partial charge on any atom is 0.377 e. The van der Waals surface area contributed by atoms with Crippen molar-refractivity contribution in [2.24, 2.45) is 5.16 Å². The van der Waals surface area contributed by atoms with Crippen molar-refractivity contribution in [3.05, 3.63) is 11.8 Å². The van der Waals surface area contributed by atoms with Crippen LogP contribution in [0.1, 0.15) is 19.3 Å². The van der Waals surface area contributed by atoms with Crippen molar-refractivity contribution in [1.82, 2.24) is 4.90 Å². The van der Waals surface area contributed by atoms with E-state index in [1.165, 1.54) is 14.2 Å². The molecule has 1 aliphatic rings. The zero-order valence-corrected chi connectivity index (χ0v) is 11.3. The zero-order valence-electron chi connectivity index (χ0n) is 11.3. The number of esters is 2. The lowest BCUT2D eigenvalue weighted by atomic mass is 10.1. The predicted octanol–water partition coefficient (Wildman–Crippen LogP) is 0.662. The Morgan fingerprint density at radius 2 is 2.00 bits per heavy atom. The van der Waals surface area contributed by atoms with E-state index in [4.69, 9.17) is 4.84 Å². The second-order valence-corrected chi connectivity index (χ2v) is 4.00. The fourth-order valence-electron chi connectivity index (χ4n) is 1.56. The van der Waals surface area contributed by atoms with Crippen molar-refractivity contribution in [3.8, 4) is 0 Å². The van der Waals surface area contributed by atoms with Crippen molar-refractivity contribution in [2.75, 3.05) is 27.8 Å². The molecule has 0 saturated carbocycles. The van der Waals surface area contributed by atoms with E-state index in [2.05, 4.69) is 14.6 Å². The SMILES string of the molecule is COC(=O)/C=C(/O/N=C1/CCCCN1C)C(=O)OC. The van der Waals surface area contributed by atoms with Gasteiger partial charge in [-0.2, -0.15) is 0 Å². The van der Waals surface area contributed by atoms with Crippen LogP contribution in [0.25, 0.3) is 0 Å². The van der Waals surface area contributed by atoms with Crippen molar-refractivity contribution < 1.29 is 23.9 Å². The molecule has 0 N–H and O–H groups in total. The fraction of sp³-hybridized carbons (Fsp3) is 0.583. The minimum atomic E-state index is -0.784. The van der Waals surface area contributed by atoms with Gasteiger partial charge in [0.25, 0.3) is 0 Å². The first kappa shape index (κ1) is 15.0. The molecule has 1 rings (SSSR count). The number of carbonyl (C=O) groups is 2. The summed E-state index contributed by atoms with van der Waals surface area (Å²) >= 11 is 0. The second kappa shape index (κ2) is 7.40. The number of carbonyl (C=O) groups excluding carboxylic acids is 2. The van der Waals surface area contributed by atoms with Crippen LogP contribution in [0.3, 0.4) is 0 Å².